The van der Waals surface area contributed by atoms with E-state index < -0.39 is 23.4 Å². The number of benzene rings is 1. The van der Waals surface area contributed by atoms with Crippen LogP contribution in [-0.4, -0.2) is 41.6 Å². The molecule has 0 aliphatic heterocycles. The topological polar surface area (TPSA) is 98.7 Å². The first-order chi connectivity index (χ1) is 10.2. The third-order valence-corrected chi connectivity index (χ3v) is 2.52. The minimum atomic E-state index is -1.06. The Labute approximate surface area is 129 Å². The minimum absolute atomic E-state index is 0.228. The van der Waals surface area contributed by atoms with Crippen molar-refractivity contribution in [3.05, 3.63) is 30.3 Å². The van der Waals surface area contributed by atoms with Crippen molar-refractivity contribution in [1.29, 1.82) is 0 Å². The molecule has 0 saturated carbocycles. The molecule has 0 saturated heterocycles. The van der Waals surface area contributed by atoms with E-state index in [2.05, 4.69) is 10.6 Å². The third-order valence-electron chi connectivity index (χ3n) is 2.52. The third kappa shape index (κ3) is 6.74. The minimum Gasteiger partial charge on any atom is -0.480 e. The molecule has 120 valence electrons. The van der Waals surface area contributed by atoms with E-state index in [9.17, 15) is 14.4 Å². The van der Waals surface area contributed by atoms with Gasteiger partial charge in [0.15, 0.2) is 0 Å². The fourth-order valence-corrected chi connectivity index (χ4v) is 1.75. The molecule has 7 heteroatoms. The van der Waals surface area contributed by atoms with Crippen LogP contribution in [-0.2, 0) is 9.59 Å². The molecular weight excluding hydrogens is 286 g/mol. The largest absolute Gasteiger partial charge is 0.480 e. The van der Waals surface area contributed by atoms with Crippen LogP contribution in [0.15, 0.2) is 30.3 Å². The smallest absolute Gasteiger partial charge is 0.323 e. The van der Waals surface area contributed by atoms with E-state index in [0.717, 1.165) is 0 Å². The van der Waals surface area contributed by atoms with Crippen molar-refractivity contribution in [3.63, 3.8) is 0 Å². The van der Waals surface area contributed by atoms with Crippen molar-refractivity contribution < 1.29 is 19.5 Å². The van der Waals surface area contributed by atoms with Gasteiger partial charge >= 0.3 is 12.0 Å². The van der Waals surface area contributed by atoms with Crippen molar-refractivity contribution in [3.8, 4) is 0 Å². The molecule has 0 radical (unpaired) electrons. The Morgan fingerprint density at radius 3 is 2.18 bits per heavy atom. The molecule has 3 N–H and O–H groups in total. The Kier molecular flexibility index (Phi) is 5.91. The number of hydrogen-bond donors (Lipinski definition) is 3. The first-order valence-corrected chi connectivity index (χ1v) is 6.81. The fourth-order valence-electron chi connectivity index (χ4n) is 1.75. The number of aliphatic carboxylic acids is 1. The number of rotatable bonds is 5. The van der Waals surface area contributed by atoms with Crippen LogP contribution < -0.4 is 15.5 Å². The molecule has 0 unspecified atom stereocenters. The van der Waals surface area contributed by atoms with Gasteiger partial charge in [0.05, 0.1) is 6.54 Å². The Hall–Kier alpha value is -2.57. The number of carboxylic acids is 1. The Bertz CT molecular complexity index is 537. The lowest BCUT2D eigenvalue weighted by molar-refractivity contribution is -0.135. The van der Waals surface area contributed by atoms with Crippen LogP contribution in [0.2, 0.25) is 0 Å². The predicted molar refractivity (Wildman–Crippen MR) is 82.7 cm³/mol. The summed E-state index contributed by atoms with van der Waals surface area (Å²) in [6, 6.07) is 8.07. The van der Waals surface area contributed by atoms with Crippen molar-refractivity contribution in [2.45, 2.75) is 26.3 Å². The average Bonchev–Trinajstić information content (AvgIpc) is 2.35. The fraction of sp³-hybridized carbons (Fsp3) is 0.400. The van der Waals surface area contributed by atoms with Gasteiger partial charge in [0.25, 0.3) is 0 Å². The number of carbonyl (C=O) groups is 3. The molecule has 0 spiro atoms. The monoisotopic (exact) mass is 307 g/mol. The first-order valence-electron chi connectivity index (χ1n) is 6.81. The maximum Gasteiger partial charge on any atom is 0.323 e. The molecule has 0 bridgehead atoms. The summed E-state index contributed by atoms with van der Waals surface area (Å²) in [5.41, 5.74) is 0.126. The van der Waals surface area contributed by atoms with Gasteiger partial charge < -0.3 is 15.3 Å². The highest BCUT2D eigenvalue weighted by Crippen LogP contribution is 2.12. The van der Waals surface area contributed by atoms with Gasteiger partial charge in [-0.15, -0.1) is 0 Å². The van der Waals surface area contributed by atoms with Gasteiger partial charge in [-0.1, -0.05) is 18.2 Å². The van der Waals surface area contributed by atoms with Crippen molar-refractivity contribution in [2.75, 3.05) is 18.0 Å². The van der Waals surface area contributed by atoms with E-state index in [1.54, 1.807) is 51.1 Å². The van der Waals surface area contributed by atoms with Gasteiger partial charge in [0.2, 0.25) is 5.91 Å². The second-order valence-electron chi connectivity index (χ2n) is 5.84. The molecule has 0 atom stereocenters. The summed E-state index contributed by atoms with van der Waals surface area (Å²) in [5, 5.41) is 13.7. The van der Waals surface area contributed by atoms with Crippen LogP contribution >= 0.6 is 0 Å². The summed E-state index contributed by atoms with van der Waals surface area (Å²) in [4.78, 5) is 35.8. The number of anilines is 1. The van der Waals surface area contributed by atoms with Gasteiger partial charge in [-0.3, -0.25) is 14.9 Å². The SMILES string of the molecule is CC(C)(C)NC(=O)NC(=O)CN(CC(=O)O)c1ccccc1. The first kappa shape index (κ1) is 17.5. The number of carbonyl (C=O) groups excluding carboxylic acids is 2. The van der Waals surface area contributed by atoms with Gasteiger partial charge in [0.1, 0.15) is 6.54 Å². The summed E-state index contributed by atoms with van der Waals surface area (Å²) in [7, 11) is 0. The van der Waals surface area contributed by atoms with Gasteiger partial charge in [0, 0.05) is 11.2 Å². The second kappa shape index (κ2) is 7.44. The molecule has 22 heavy (non-hydrogen) atoms. The second-order valence-corrected chi connectivity index (χ2v) is 5.84. The maximum absolute atomic E-state index is 11.9. The molecule has 1 aromatic carbocycles. The van der Waals surface area contributed by atoms with E-state index in [1.165, 1.54) is 4.90 Å². The van der Waals surface area contributed by atoms with Crippen LogP contribution in [0.5, 0.6) is 0 Å². The number of imide groups is 1. The summed E-state index contributed by atoms with van der Waals surface area (Å²) in [6.45, 7) is 4.81. The summed E-state index contributed by atoms with van der Waals surface area (Å²) in [5.74, 6) is -1.64. The lowest BCUT2D eigenvalue weighted by Crippen LogP contribution is -2.50. The van der Waals surface area contributed by atoms with Crippen molar-refractivity contribution >= 4 is 23.6 Å². The quantitative estimate of drug-likeness (QED) is 0.759. The molecule has 3 amide bonds. The Morgan fingerprint density at radius 1 is 1.09 bits per heavy atom. The van der Waals surface area contributed by atoms with E-state index >= 15 is 0 Å². The van der Waals surface area contributed by atoms with Crippen LogP contribution in [0, 0.1) is 0 Å². The molecule has 7 nitrogen and oxygen atoms in total. The maximum atomic E-state index is 11.9. The molecule has 1 aromatic rings. The average molecular weight is 307 g/mol. The van der Waals surface area contributed by atoms with E-state index in [4.69, 9.17) is 5.11 Å². The lowest BCUT2D eigenvalue weighted by Gasteiger charge is -2.23. The molecule has 0 heterocycles. The normalized spacial score (nSPS) is 10.7. The zero-order valence-electron chi connectivity index (χ0n) is 12.9. The molecule has 0 aliphatic rings. The van der Waals surface area contributed by atoms with Crippen LogP contribution in [0.3, 0.4) is 0 Å². The Balaban J connectivity index is 2.68. The zero-order chi connectivity index (χ0) is 16.8. The zero-order valence-corrected chi connectivity index (χ0v) is 12.9. The molecule has 1 rings (SSSR count). The van der Waals surface area contributed by atoms with E-state index in [1.807, 2.05) is 0 Å². The summed E-state index contributed by atoms with van der Waals surface area (Å²) < 4.78 is 0. The molecule has 0 aromatic heterocycles. The summed E-state index contributed by atoms with van der Waals surface area (Å²) >= 11 is 0. The van der Waals surface area contributed by atoms with Crippen LogP contribution in [0.4, 0.5) is 10.5 Å². The highest BCUT2D eigenvalue weighted by molar-refractivity contribution is 5.97. The highest BCUT2D eigenvalue weighted by Gasteiger charge is 2.19. The van der Waals surface area contributed by atoms with Gasteiger partial charge in [-0.05, 0) is 32.9 Å². The van der Waals surface area contributed by atoms with Crippen LogP contribution in [0.25, 0.3) is 0 Å². The predicted octanol–water partition coefficient (Wildman–Crippen LogP) is 1.20. The number of para-hydroxylation sites is 1. The van der Waals surface area contributed by atoms with Crippen molar-refractivity contribution in [2.24, 2.45) is 0 Å². The van der Waals surface area contributed by atoms with Crippen molar-refractivity contribution in [1.82, 2.24) is 10.6 Å². The molecular formula is C15H21N3O4. The Morgan fingerprint density at radius 2 is 1.68 bits per heavy atom. The standard InChI is InChI=1S/C15H21N3O4/c1-15(2,3)17-14(22)16-12(19)9-18(10-13(20)21)11-7-5-4-6-8-11/h4-8H,9-10H2,1-3H3,(H,20,21)(H2,16,17,19,22). The number of urea groups is 1. The number of nitrogens with one attached hydrogen (secondary N) is 2. The van der Waals surface area contributed by atoms with E-state index in [-0.39, 0.29) is 13.1 Å². The number of hydrogen-bond acceptors (Lipinski definition) is 4. The summed E-state index contributed by atoms with van der Waals surface area (Å²) in [6.07, 6.45) is 0. The number of carboxylic acid groups (broad SMARTS) is 1. The molecule has 0 aliphatic carbocycles. The van der Waals surface area contributed by atoms with Gasteiger partial charge in [-0.2, -0.15) is 0 Å². The number of nitrogens with zero attached hydrogens (tertiary/aromatic N) is 1. The molecule has 0 fully saturated rings. The van der Waals surface area contributed by atoms with Crippen LogP contribution in [0.1, 0.15) is 20.8 Å². The van der Waals surface area contributed by atoms with E-state index in [0.29, 0.717) is 5.69 Å². The highest BCUT2D eigenvalue weighted by atomic mass is 16.4. The lowest BCUT2D eigenvalue weighted by atomic mass is 10.1. The van der Waals surface area contributed by atoms with Gasteiger partial charge in [-0.25, -0.2) is 4.79 Å². The number of amides is 3.